The van der Waals surface area contributed by atoms with Crippen molar-refractivity contribution >= 4 is 11.4 Å². The Morgan fingerprint density at radius 1 is 0.769 bits per heavy atom. The highest BCUT2D eigenvalue weighted by molar-refractivity contribution is 6.19. The standard InChI is InChI=1S/C24H20O2/c25-24-17-22(19-11-5-2-6-12-19)21-14-13-20(16-23(21)24)26-15-7-10-18-8-3-1-4-9-18/h1-6,8-9,11-14,16-17H,7,10,15H2. The topological polar surface area (TPSA) is 26.3 Å². The molecule has 0 saturated carbocycles. The Labute approximate surface area is 153 Å². The molecule has 0 aromatic heterocycles. The summed E-state index contributed by atoms with van der Waals surface area (Å²) in [5.74, 6) is 0.807. The van der Waals surface area contributed by atoms with Crippen LogP contribution in [0.4, 0.5) is 0 Å². The van der Waals surface area contributed by atoms with Crippen LogP contribution in [-0.4, -0.2) is 12.4 Å². The van der Waals surface area contributed by atoms with Crippen molar-refractivity contribution in [2.24, 2.45) is 0 Å². The molecule has 26 heavy (non-hydrogen) atoms. The van der Waals surface area contributed by atoms with E-state index in [9.17, 15) is 4.79 Å². The molecule has 0 unspecified atom stereocenters. The van der Waals surface area contributed by atoms with Gasteiger partial charge in [-0.3, -0.25) is 4.79 Å². The number of hydrogen-bond donors (Lipinski definition) is 0. The van der Waals surface area contributed by atoms with Crippen molar-refractivity contribution in [3.8, 4) is 5.75 Å². The summed E-state index contributed by atoms with van der Waals surface area (Å²) in [5, 5.41) is 0. The molecule has 2 nitrogen and oxygen atoms in total. The lowest BCUT2D eigenvalue weighted by molar-refractivity contribution is 0.104. The van der Waals surface area contributed by atoms with Crippen LogP contribution in [0.1, 0.15) is 33.5 Å². The van der Waals surface area contributed by atoms with E-state index in [1.54, 1.807) is 6.08 Å². The molecule has 128 valence electrons. The van der Waals surface area contributed by atoms with Gasteiger partial charge < -0.3 is 4.74 Å². The van der Waals surface area contributed by atoms with Crippen LogP contribution in [0.25, 0.3) is 5.57 Å². The number of carbonyl (C=O) groups is 1. The van der Waals surface area contributed by atoms with Crippen molar-refractivity contribution in [3.63, 3.8) is 0 Å². The second-order valence-corrected chi connectivity index (χ2v) is 6.43. The SMILES string of the molecule is O=C1C=C(c2ccccc2)c2ccc(OCCCc3ccccc3)cc21. The first-order valence-electron chi connectivity index (χ1n) is 8.94. The van der Waals surface area contributed by atoms with Crippen molar-refractivity contribution in [2.45, 2.75) is 12.8 Å². The number of aryl methyl sites for hydroxylation is 1. The van der Waals surface area contributed by atoms with Crippen LogP contribution in [0, 0.1) is 0 Å². The highest BCUT2D eigenvalue weighted by atomic mass is 16.5. The fraction of sp³-hybridized carbons (Fsp3) is 0.125. The molecule has 0 amide bonds. The molecule has 0 heterocycles. The summed E-state index contributed by atoms with van der Waals surface area (Å²) in [6.45, 7) is 0.640. The maximum absolute atomic E-state index is 12.4. The third kappa shape index (κ3) is 3.45. The predicted molar refractivity (Wildman–Crippen MR) is 105 cm³/mol. The third-order valence-electron chi connectivity index (χ3n) is 4.63. The molecule has 0 N–H and O–H groups in total. The molecule has 0 radical (unpaired) electrons. The molecule has 0 atom stereocenters. The maximum atomic E-state index is 12.4. The first-order chi connectivity index (χ1) is 12.8. The monoisotopic (exact) mass is 340 g/mol. The van der Waals surface area contributed by atoms with E-state index in [1.807, 2.05) is 54.6 Å². The fourth-order valence-electron chi connectivity index (χ4n) is 3.31. The number of ether oxygens (including phenoxy) is 1. The number of benzene rings is 3. The van der Waals surface area contributed by atoms with E-state index in [2.05, 4.69) is 24.3 Å². The number of fused-ring (bicyclic) bond motifs is 1. The minimum atomic E-state index is 0.0496. The molecule has 0 spiro atoms. The Morgan fingerprint density at radius 3 is 2.27 bits per heavy atom. The van der Waals surface area contributed by atoms with Gasteiger partial charge >= 0.3 is 0 Å². The summed E-state index contributed by atoms with van der Waals surface area (Å²) in [5.41, 5.74) is 5.08. The van der Waals surface area contributed by atoms with E-state index in [1.165, 1.54) is 5.56 Å². The minimum absolute atomic E-state index is 0.0496. The Hall–Kier alpha value is -3.13. The lowest BCUT2D eigenvalue weighted by Crippen LogP contribution is -2.01. The number of rotatable bonds is 6. The number of allylic oxidation sites excluding steroid dienone is 1. The summed E-state index contributed by atoms with van der Waals surface area (Å²) in [6, 6.07) is 26.2. The summed E-state index contributed by atoms with van der Waals surface area (Å²) in [4.78, 5) is 12.4. The quantitative estimate of drug-likeness (QED) is 0.567. The maximum Gasteiger partial charge on any atom is 0.187 e. The molecule has 0 bridgehead atoms. The van der Waals surface area contributed by atoms with Gasteiger partial charge in [0.25, 0.3) is 0 Å². The van der Waals surface area contributed by atoms with Crippen molar-refractivity contribution in [3.05, 3.63) is 107 Å². The van der Waals surface area contributed by atoms with Crippen LogP contribution in [0.2, 0.25) is 0 Å². The van der Waals surface area contributed by atoms with E-state index in [0.717, 1.165) is 40.9 Å². The molecular weight excluding hydrogens is 320 g/mol. The molecule has 1 aliphatic carbocycles. The van der Waals surface area contributed by atoms with Gasteiger partial charge in [0.2, 0.25) is 0 Å². The van der Waals surface area contributed by atoms with Gasteiger partial charge in [0.05, 0.1) is 6.61 Å². The summed E-state index contributed by atoms with van der Waals surface area (Å²) in [6.07, 6.45) is 3.66. The molecule has 0 aliphatic heterocycles. The highest BCUT2D eigenvalue weighted by Gasteiger charge is 2.22. The summed E-state index contributed by atoms with van der Waals surface area (Å²) in [7, 11) is 0. The lowest BCUT2D eigenvalue weighted by Gasteiger charge is -2.09. The zero-order valence-electron chi connectivity index (χ0n) is 14.5. The van der Waals surface area contributed by atoms with Crippen LogP contribution < -0.4 is 4.74 Å². The Morgan fingerprint density at radius 2 is 1.50 bits per heavy atom. The van der Waals surface area contributed by atoms with Gasteiger partial charge in [0.15, 0.2) is 5.78 Å². The normalized spacial score (nSPS) is 12.6. The number of ketones is 1. The van der Waals surface area contributed by atoms with Gasteiger partial charge in [-0.1, -0.05) is 60.7 Å². The third-order valence-corrected chi connectivity index (χ3v) is 4.63. The van der Waals surface area contributed by atoms with Crippen molar-refractivity contribution in [1.82, 2.24) is 0 Å². The zero-order valence-corrected chi connectivity index (χ0v) is 14.5. The average Bonchev–Trinajstić information content (AvgIpc) is 3.03. The smallest absolute Gasteiger partial charge is 0.187 e. The van der Waals surface area contributed by atoms with Crippen LogP contribution >= 0.6 is 0 Å². The molecule has 1 aliphatic rings. The molecule has 3 aromatic rings. The van der Waals surface area contributed by atoms with Gasteiger partial charge in [0, 0.05) is 5.56 Å². The van der Waals surface area contributed by atoms with E-state index in [0.29, 0.717) is 6.61 Å². The molecular formula is C24H20O2. The van der Waals surface area contributed by atoms with Gasteiger partial charge in [-0.2, -0.15) is 0 Å². The van der Waals surface area contributed by atoms with Crippen LogP contribution in [0.3, 0.4) is 0 Å². The van der Waals surface area contributed by atoms with Gasteiger partial charge in [-0.05, 0) is 59.4 Å². The van der Waals surface area contributed by atoms with Gasteiger partial charge in [-0.25, -0.2) is 0 Å². The first kappa shape index (κ1) is 16.3. The fourth-order valence-corrected chi connectivity index (χ4v) is 3.31. The minimum Gasteiger partial charge on any atom is -0.494 e. The summed E-state index contributed by atoms with van der Waals surface area (Å²) >= 11 is 0. The number of hydrogen-bond acceptors (Lipinski definition) is 2. The van der Waals surface area contributed by atoms with E-state index in [-0.39, 0.29) is 5.78 Å². The molecule has 4 rings (SSSR count). The molecule has 0 fully saturated rings. The number of carbonyl (C=O) groups excluding carboxylic acids is 1. The second-order valence-electron chi connectivity index (χ2n) is 6.43. The molecule has 3 aromatic carbocycles. The Bertz CT molecular complexity index is 940. The first-order valence-corrected chi connectivity index (χ1v) is 8.94. The van der Waals surface area contributed by atoms with Crippen LogP contribution in [0.15, 0.2) is 84.9 Å². The van der Waals surface area contributed by atoms with Crippen LogP contribution in [0.5, 0.6) is 5.75 Å². The lowest BCUT2D eigenvalue weighted by atomic mass is 9.99. The van der Waals surface area contributed by atoms with Gasteiger partial charge in [-0.15, -0.1) is 0 Å². The largest absolute Gasteiger partial charge is 0.494 e. The van der Waals surface area contributed by atoms with E-state index < -0.39 is 0 Å². The van der Waals surface area contributed by atoms with Gasteiger partial charge in [0.1, 0.15) is 5.75 Å². The highest BCUT2D eigenvalue weighted by Crippen LogP contribution is 2.34. The second kappa shape index (κ2) is 7.40. The summed E-state index contributed by atoms with van der Waals surface area (Å²) < 4.78 is 5.87. The Balaban J connectivity index is 1.42. The zero-order chi connectivity index (χ0) is 17.8. The Kier molecular flexibility index (Phi) is 4.65. The van der Waals surface area contributed by atoms with Crippen molar-refractivity contribution < 1.29 is 9.53 Å². The van der Waals surface area contributed by atoms with Crippen molar-refractivity contribution in [1.29, 1.82) is 0 Å². The van der Waals surface area contributed by atoms with E-state index in [4.69, 9.17) is 4.74 Å². The predicted octanol–water partition coefficient (Wildman–Crippen LogP) is 5.33. The molecule has 0 saturated heterocycles. The average molecular weight is 340 g/mol. The molecule has 2 heteroatoms. The van der Waals surface area contributed by atoms with Crippen molar-refractivity contribution in [2.75, 3.05) is 6.61 Å². The van der Waals surface area contributed by atoms with E-state index >= 15 is 0 Å². The van der Waals surface area contributed by atoms with Crippen LogP contribution in [-0.2, 0) is 6.42 Å².